The first-order valence-corrected chi connectivity index (χ1v) is 6.48. The second-order valence-electron chi connectivity index (χ2n) is 2.87. The topological polar surface area (TPSA) is 50.2 Å². The number of hydrogen-bond donors (Lipinski definition) is 1. The number of aliphatic carboxylic acids is 1. The minimum atomic E-state index is -0.765. The van der Waals surface area contributed by atoms with E-state index in [1.165, 1.54) is 11.8 Å². The molecule has 1 rings (SSSR count). The summed E-state index contributed by atoms with van der Waals surface area (Å²) in [5, 5.41) is 11.6. The monoisotopic (exact) mass is 231 g/mol. The molecule has 0 spiro atoms. The molecule has 0 aliphatic rings. The van der Waals surface area contributed by atoms with E-state index in [4.69, 9.17) is 5.11 Å². The van der Waals surface area contributed by atoms with Crippen molar-refractivity contribution in [2.75, 3.05) is 5.75 Å². The summed E-state index contributed by atoms with van der Waals surface area (Å²) in [5.41, 5.74) is 1.00. The van der Waals surface area contributed by atoms with Crippen LogP contribution in [0.3, 0.4) is 0 Å². The SMILES string of the molecule is CCCc1nc(CSCC(=O)O)cs1. The van der Waals surface area contributed by atoms with Gasteiger partial charge in [-0.05, 0) is 12.8 Å². The summed E-state index contributed by atoms with van der Waals surface area (Å²) in [4.78, 5) is 14.7. The van der Waals surface area contributed by atoms with Gasteiger partial charge in [0.15, 0.2) is 0 Å². The number of carboxylic acid groups (broad SMARTS) is 1. The Morgan fingerprint density at radius 3 is 3.14 bits per heavy atom. The third-order valence-electron chi connectivity index (χ3n) is 1.54. The zero-order valence-corrected chi connectivity index (χ0v) is 9.66. The van der Waals surface area contributed by atoms with Crippen LogP contribution in [0.2, 0.25) is 0 Å². The van der Waals surface area contributed by atoms with Gasteiger partial charge >= 0.3 is 5.97 Å². The van der Waals surface area contributed by atoms with Crippen molar-refractivity contribution in [2.24, 2.45) is 0 Å². The number of carboxylic acids is 1. The molecule has 1 aromatic rings. The van der Waals surface area contributed by atoms with Crippen molar-refractivity contribution in [3.8, 4) is 0 Å². The molecule has 78 valence electrons. The van der Waals surface area contributed by atoms with E-state index in [0.717, 1.165) is 23.5 Å². The van der Waals surface area contributed by atoms with Crippen LogP contribution in [-0.4, -0.2) is 21.8 Å². The van der Waals surface area contributed by atoms with E-state index in [0.29, 0.717) is 5.75 Å². The molecule has 0 bridgehead atoms. The van der Waals surface area contributed by atoms with Gasteiger partial charge in [-0.2, -0.15) is 0 Å². The standard InChI is InChI=1S/C9H13NO2S2/c1-2-3-8-10-7(5-14-8)4-13-6-9(11)12/h5H,2-4,6H2,1H3,(H,11,12). The van der Waals surface area contributed by atoms with Gasteiger partial charge in [0.1, 0.15) is 0 Å². The number of aryl methyl sites for hydroxylation is 1. The molecular formula is C9H13NO2S2. The van der Waals surface area contributed by atoms with Crippen LogP contribution >= 0.6 is 23.1 Å². The second-order valence-corrected chi connectivity index (χ2v) is 4.80. The normalized spacial score (nSPS) is 10.4. The van der Waals surface area contributed by atoms with E-state index in [2.05, 4.69) is 11.9 Å². The Balaban J connectivity index is 2.32. The largest absolute Gasteiger partial charge is 0.481 e. The number of thiazole rings is 1. The first kappa shape index (κ1) is 11.5. The van der Waals surface area contributed by atoms with Crippen molar-refractivity contribution in [1.82, 2.24) is 4.98 Å². The van der Waals surface area contributed by atoms with Crippen molar-refractivity contribution in [1.29, 1.82) is 0 Å². The van der Waals surface area contributed by atoms with Crippen molar-refractivity contribution >= 4 is 29.1 Å². The molecule has 0 aliphatic heterocycles. The zero-order valence-electron chi connectivity index (χ0n) is 8.02. The van der Waals surface area contributed by atoms with Crippen LogP contribution in [0, 0.1) is 0 Å². The molecule has 1 aromatic heterocycles. The van der Waals surface area contributed by atoms with Crippen LogP contribution in [0.4, 0.5) is 0 Å². The highest BCUT2D eigenvalue weighted by molar-refractivity contribution is 7.99. The van der Waals surface area contributed by atoms with Crippen molar-refractivity contribution in [3.63, 3.8) is 0 Å². The number of nitrogens with zero attached hydrogens (tertiary/aromatic N) is 1. The molecule has 0 aromatic carbocycles. The summed E-state index contributed by atoms with van der Waals surface area (Å²) in [5.74, 6) is 0.0895. The Kier molecular flexibility index (Phi) is 4.97. The molecule has 0 aliphatic carbocycles. The number of rotatable bonds is 6. The van der Waals surface area contributed by atoms with E-state index in [-0.39, 0.29) is 5.75 Å². The smallest absolute Gasteiger partial charge is 0.313 e. The third-order valence-corrected chi connectivity index (χ3v) is 3.45. The van der Waals surface area contributed by atoms with Crippen molar-refractivity contribution < 1.29 is 9.90 Å². The Hall–Kier alpha value is -0.550. The average Bonchev–Trinajstić information content (AvgIpc) is 2.53. The van der Waals surface area contributed by atoms with Crippen LogP contribution in [0.15, 0.2) is 5.38 Å². The lowest BCUT2D eigenvalue weighted by atomic mass is 10.3. The highest BCUT2D eigenvalue weighted by Crippen LogP contribution is 2.16. The van der Waals surface area contributed by atoms with E-state index in [1.54, 1.807) is 11.3 Å². The van der Waals surface area contributed by atoms with Gasteiger partial charge in [-0.3, -0.25) is 4.79 Å². The summed E-state index contributed by atoms with van der Waals surface area (Å²) in [6, 6.07) is 0. The molecule has 0 radical (unpaired) electrons. The van der Waals surface area contributed by atoms with Gasteiger partial charge in [0.25, 0.3) is 0 Å². The van der Waals surface area contributed by atoms with Crippen LogP contribution < -0.4 is 0 Å². The Labute approximate surface area is 91.6 Å². The van der Waals surface area contributed by atoms with Gasteiger partial charge in [0, 0.05) is 11.1 Å². The van der Waals surface area contributed by atoms with Gasteiger partial charge in [0.05, 0.1) is 16.5 Å². The Morgan fingerprint density at radius 1 is 1.71 bits per heavy atom. The van der Waals surface area contributed by atoms with Crippen LogP contribution in [0.5, 0.6) is 0 Å². The highest BCUT2D eigenvalue weighted by Gasteiger charge is 2.02. The summed E-state index contributed by atoms with van der Waals surface area (Å²) < 4.78 is 0. The molecule has 0 saturated carbocycles. The maximum atomic E-state index is 10.3. The first-order chi connectivity index (χ1) is 6.72. The molecular weight excluding hydrogens is 218 g/mol. The lowest BCUT2D eigenvalue weighted by molar-refractivity contribution is -0.133. The highest BCUT2D eigenvalue weighted by atomic mass is 32.2. The molecule has 5 heteroatoms. The zero-order chi connectivity index (χ0) is 10.4. The first-order valence-electron chi connectivity index (χ1n) is 4.45. The van der Waals surface area contributed by atoms with Crippen molar-refractivity contribution in [2.45, 2.75) is 25.5 Å². The minimum absolute atomic E-state index is 0.153. The maximum Gasteiger partial charge on any atom is 0.313 e. The number of thioether (sulfide) groups is 1. The Bertz CT molecular complexity index is 299. The summed E-state index contributed by atoms with van der Waals surface area (Å²) >= 11 is 3.05. The quantitative estimate of drug-likeness (QED) is 0.817. The van der Waals surface area contributed by atoms with E-state index < -0.39 is 5.97 Å². The molecule has 1 heterocycles. The van der Waals surface area contributed by atoms with Crippen LogP contribution in [-0.2, 0) is 17.0 Å². The van der Waals surface area contributed by atoms with E-state index in [1.807, 2.05) is 5.38 Å². The molecule has 0 amide bonds. The number of carbonyl (C=O) groups is 1. The Morgan fingerprint density at radius 2 is 2.50 bits per heavy atom. The lowest BCUT2D eigenvalue weighted by Gasteiger charge is -1.93. The third kappa shape index (κ3) is 4.11. The molecule has 3 nitrogen and oxygen atoms in total. The fourth-order valence-corrected chi connectivity index (χ4v) is 2.63. The number of aromatic nitrogens is 1. The van der Waals surface area contributed by atoms with E-state index in [9.17, 15) is 4.79 Å². The van der Waals surface area contributed by atoms with Crippen LogP contribution in [0.25, 0.3) is 0 Å². The molecule has 0 fully saturated rings. The second kappa shape index (κ2) is 6.03. The maximum absolute atomic E-state index is 10.3. The summed E-state index contributed by atoms with van der Waals surface area (Å²) in [7, 11) is 0. The van der Waals surface area contributed by atoms with Gasteiger partial charge in [-0.1, -0.05) is 6.92 Å². The van der Waals surface area contributed by atoms with Gasteiger partial charge in [-0.25, -0.2) is 4.98 Å². The predicted octanol–water partition coefficient (Wildman–Crippen LogP) is 2.41. The molecule has 0 unspecified atom stereocenters. The molecule has 0 atom stereocenters. The van der Waals surface area contributed by atoms with Gasteiger partial charge < -0.3 is 5.11 Å². The minimum Gasteiger partial charge on any atom is -0.481 e. The van der Waals surface area contributed by atoms with Gasteiger partial charge in [0.2, 0.25) is 0 Å². The molecule has 14 heavy (non-hydrogen) atoms. The average molecular weight is 231 g/mol. The fraction of sp³-hybridized carbons (Fsp3) is 0.556. The number of hydrogen-bond acceptors (Lipinski definition) is 4. The predicted molar refractivity (Wildman–Crippen MR) is 59.9 cm³/mol. The molecule has 1 N–H and O–H groups in total. The lowest BCUT2D eigenvalue weighted by Crippen LogP contribution is -1.98. The van der Waals surface area contributed by atoms with Crippen molar-refractivity contribution in [3.05, 3.63) is 16.1 Å². The molecule has 0 saturated heterocycles. The summed E-state index contributed by atoms with van der Waals surface area (Å²) in [6.45, 7) is 2.13. The fourth-order valence-electron chi connectivity index (χ4n) is 0.987. The summed E-state index contributed by atoms with van der Waals surface area (Å²) in [6.07, 6.45) is 2.13. The van der Waals surface area contributed by atoms with Crippen LogP contribution in [0.1, 0.15) is 24.0 Å². The van der Waals surface area contributed by atoms with Gasteiger partial charge in [-0.15, -0.1) is 23.1 Å². The van der Waals surface area contributed by atoms with E-state index >= 15 is 0 Å².